The molecule has 1 saturated heterocycles. The summed E-state index contributed by atoms with van der Waals surface area (Å²) in [6.45, 7) is 8.25. The van der Waals surface area contributed by atoms with Gasteiger partial charge < -0.3 is 19.7 Å². The summed E-state index contributed by atoms with van der Waals surface area (Å²) in [5.74, 6) is 0.734. The number of anilines is 1. The van der Waals surface area contributed by atoms with Crippen LogP contribution in [0.5, 0.6) is 5.75 Å². The van der Waals surface area contributed by atoms with Crippen LogP contribution in [0.2, 0.25) is 0 Å². The number of likely N-dealkylation sites (tertiary alicyclic amines) is 1. The van der Waals surface area contributed by atoms with Crippen molar-refractivity contribution in [1.82, 2.24) is 4.90 Å². The van der Waals surface area contributed by atoms with Crippen LogP contribution in [0.3, 0.4) is 0 Å². The first-order valence-corrected chi connectivity index (χ1v) is 9.89. The topological polar surface area (TPSA) is 50.8 Å². The van der Waals surface area contributed by atoms with Crippen molar-refractivity contribution < 1.29 is 14.3 Å². The van der Waals surface area contributed by atoms with E-state index >= 15 is 0 Å². The predicted octanol–water partition coefficient (Wildman–Crippen LogP) is 4.09. The predicted molar refractivity (Wildman–Crippen MR) is 106 cm³/mol. The number of carbonyl (C=O) groups is 1. The third kappa shape index (κ3) is 6.29. The molecule has 1 aliphatic rings. The molecule has 0 radical (unpaired) electrons. The van der Waals surface area contributed by atoms with Crippen LogP contribution in [0, 0.1) is 0 Å². The van der Waals surface area contributed by atoms with Gasteiger partial charge in [0.25, 0.3) is 5.91 Å². The molecule has 1 N–H and O–H groups in total. The smallest absolute Gasteiger partial charge is 0.256 e. The summed E-state index contributed by atoms with van der Waals surface area (Å²) < 4.78 is 11.3. The van der Waals surface area contributed by atoms with Gasteiger partial charge >= 0.3 is 0 Å². The zero-order valence-electron chi connectivity index (χ0n) is 16.6. The molecule has 0 bridgehead atoms. The summed E-state index contributed by atoms with van der Waals surface area (Å²) in [6, 6.07) is 7.57. The van der Waals surface area contributed by atoms with E-state index in [1.807, 2.05) is 31.2 Å². The molecule has 1 aromatic rings. The van der Waals surface area contributed by atoms with Gasteiger partial charge in [-0.3, -0.25) is 4.79 Å². The first-order chi connectivity index (χ1) is 12.6. The largest absolute Gasteiger partial charge is 0.494 e. The minimum atomic E-state index is -0.791. The molecule has 1 fully saturated rings. The van der Waals surface area contributed by atoms with Crippen LogP contribution in [0.1, 0.15) is 52.4 Å². The molecule has 5 heteroatoms. The number of ether oxygens (including phenoxy) is 2. The SMILES string of the molecule is CCCC[C@@](C)(OC)C(=O)Nc1ccc(OCCCN2CCCC2)cc1. The molecule has 0 aromatic heterocycles. The number of methoxy groups -OCH3 is 1. The van der Waals surface area contributed by atoms with Crippen LogP contribution in [-0.2, 0) is 9.53 Å². The Bertz CT molecular complexity index is 541. The number of nitrogens with one attached hydrogen (secondary N) is 1. The number of amides is 1. The Morgan fingerprint density at radius 2 is 1.88 bits per heavy atom. The Labute approximate surface area is 158 Å². The fourth-order valence-corrected chi connectivity index (χ4v) is 3.20. The normalized spacial score (nSPS) is 17.0. The van der Waals surface area contributed by atoms with Gasteiger partial charge in [0.05, 0.1) is 6.61 Å². The quantitative estimate of drug-likeness (QED) is 0.603. The summed E-state index contributed by atoms with van der Waals surface area (Å²) in [5.41, 5.74) is -0.0278. The van der Waals surface area contributed by atoms with Crippen LogP contribution in [-0.4, -0.2) is 49.8 Å². The minimum absolute atomic E-state index is 0.104. The average Bonchev–Trinajstić information content (AvgIpc) is 3.18. The zero-order chi connectivity index (χ0) is 18.8. The van der Waals surface area contributed by atoms with Crippen molar-refractivity contribution in [1.29, 1.82) is 0 Å². The second kappa shape index (κ2) is 10.5. The molecule has 0 spiro atoms. The van der Waals surface area contributed by atoms with Gasteiger partial charge in [-0.05, 0) is 70.0 Å². The molecule has 1 atom stereocenters. The molecule has 0 unspecified atom stereocenters. The second-order valence-corrected chi connectivity index (χ2v) is 7.27. The third-order valence-electron chi connectivity index (χ3n) is 5.14. The van der Waals surface area contributed by atoms with E-state index in [2.05, 4.69) is 17.1 Å². The van der Waals surface area contributed by atoms with Crippen molar-refractivity contribution in [3.05, 3.63) is 24.3 Å². The lowest BCUT2D eigenvalue weighted by atomic mass is 9.97. The lowest BCUT2D eigenvalue weighted by Crippen LogP contribution is -2.41. The second-order valence-electron chi connectivity index (χ2n) is 7.27. The third-order valence-corrected chi connectivity index (χ3v) is 5.14. The Morgan fingerprint density at radius 1 is 1.19 bits per heavy atom. The molecule has 1 amide bonds. The maximum absolute atomic E-state index is 12.5. The minimum Gasteiger partial charge on any atom is -0.494 e. The highest BCUT2D eigenvalue weighted by atomic mass is 16.5. The van der Waals surface area contributed by atoms with Crippen molar-refractivity contribution in [2.24, 2.45) is 0 Å². The standard InChI is InChI=1S/C21H34N2O3/c1-4-5-13-21(2,25-3)20(24)22-18-9-11-19(12-10-18)26-17-8-16-23-14-6-7-15-23/h9-12H,4-8,13-17H2,1-3H3,(H,22,24)/t21-/m1/s1. The van der Waals surface area contributed by atoms with E-state index in [0.717, 1.165) is 43.9 Å². The van der Waals surface area contributed by atoms with Crippen molar-refractivity contribution in [2.75, 3.05) is 38.7 Å². The van der Waals surface area contributed by atoms with Gasteiger partial charge in [0.2, 0.25) is 0 Å². The number of carbonyl (C=O) groups excluding carboxylic acids is 1. The fraction of sp³-hybridized carbons (Fsp3) is 0.667. The molecule has 0 saturated carbocycles. The first kappa shape index (κ1) is 20.7. The van der Waals surface area contributed by atoms with E-state index in [0.29, 0.717) is 6.42 Å². The average molecular weight is 363 g/mol. The number of hydrogen-bond donors (Lipinski definition) is 1. The molecule has 146 valence electrons. The number of nitrogens with zero attached hydrogens (tertiary/aromatic N) is 1. The van der Waals surface area contributed by atoms with E-state index in [1.165, 1.54) is 25.9 Å². The molecule has 26 heavy (non-hydrogen) atoms. The molecule has 1 aromatic carbocycles. The van der Waals surface area contributed by atoms with E-state index in [4.69, 9.17) is 9.47 Å². The van der Waals surface area contributed by atoms with Gasteiger partial charge in [-0.25, -0.2) is 0 Å². The first-order valence-electron chi connectivity index (χ1n) is 9.89. The Balaban J connectivity index is 1.76. The van der Waals surface area contributed by atoms with Crippen molar-refractivity contribution >= 4 is 11.6 Å². The van der Waals surface area contributed by atoms with Gasteiger partial charge in [-0.2, -0.15) is 0 Å². The molecule has 2 rings (SSSR count). The Hall–Kier alpha value is -1.59. The Morgan fingerprint density at radius 3 is 2.50 bits per heavy atom. The monoisotopic (exact) mass is 362 g/mol. The van der Waals surface area contributed by atoms with Gasteiger partial charge in [0.1, 0.15) is 11.4 Å². The molecular weight excluding hydrogens is 328 g/mol. The summed E-state index contributed by atoms with van der Waals surface area (Å²) in [7, 11) is 1.59. The van der Waals surface area contributed by atoms with Crippen molar-refractivity contribution in [3.63, 3.8) is 0 Å². The van der Waals surface area contributed by atoms with Crippen LogP contribution in [0.4, 0.5) is 5.69 Å². The Kier molecular flexibility index (Phi) is 8.39. The van der Waals surface area contributed by atoms with Gasteiger partial charge in [0, 0.05) is 19.3 Å². The van der Waals surface area contributed by atoms with Crippen LogP contribution in [0.15, 0.2) is 24.3 Å². The summed E-state index contributed by atoms with van der Waals surface area (Å²) >= 11 is 0. The lowest BCUT2D eigenvalue weighted by molar-refractivity contribution is -0.136. The highest BCUT2D eigenvalue weighted by Gasteiger charge is 2.32. The van der Waals surface area contributed by atoms with Crippen LogP contribution in [0.25, 0.3) is 0 Å². The van der Waals surface area contributed by atoms with E-state index < -0.39 is 5.60 Å². The maximum Gasteiger partial charge on any atom is 0.256 e. The number of unbranched alkanes of at least 4 members (excludes halogenated alkanes) is 1. The number of benzene rings is 1. The highest BCUT2D eigenvalue weighted by Crippen LogP contribution is 2.22. The molecular formula is C21H34N2O3. The van der Waals surface area contributed by atoms with Crippen LogP contribution >= 0.6 is 0 Å². The van der Waals surface area contributed by atoms with Gasteiger partial charge in [-0.1, -0.05) is 19.8 Å². The van der Waals surface area contributed by atoms with Crippen LogP contribution < -0.4 is 10.1 Å². The zero-order valence-corrected chi connectivity index (χ0v) is 16.6. The molecule has 1 heterocycles. The highest BCUT2D eigenvalue weighted by molar-refractivity contribution is 5.97. The lowest BCUT2D eigenvalue weighted by Gasteiger charge is -2.26. The molecule has 1 aliphatic heterocycles. The van der Waals surface area contributed by atoms with Crippen molar-refractivity contribution in [3.8, 4) is 5.75 Å². The maximum atomic E-state index is 12.5. The molecule has 5 nitrogen and oxygen atoms in total. The summed E-state index contributed by atoms with van der Waals surface area (Å²) in [4.78, 5) is 15.0. The van der Waals surface area contributed by atoms with E-state index in [1.54, 1.807) is 7.11 Å². The fourth-order valence-electron chi connectivity index (χ4n) is 3.20. The molecule has 0 aliphatic carbocycles. The number of hydrogen-bond acceptors (Lipinski definition) is 4. The summed E-state index contributed by atoms with van der Waals surface area (Å²) in [5, 5.41) is 2.95. The van der Waals surface area contributed by atoms with E-state index in [9.17, 15) is 4.79 Å². The summed E-state index contributed by atoms with van der Waals surface area (Å²) in [6.07, 6.45) is 6.41. The van der Waals surface area contributed by atoms with Gasteiger partial charge in [0.15, 0.2) is 0 Å². The number of rotatable bonds is 11. The van der Waals surface area contributed by atoms with Gasteiger partial charge in [-0.15, -0.1) is 0 Å². The van der Waals surface area contributed by atoms with E-state index in [-0.39, 0.29) is 5.91 Å². The van der Waals surface area contributed by atoms with Crippen molar-refractivity contribution in [2.45, 2.75) is 58.0 Å².